The molecule has 0 saturated carbocycles. The van der Waals surface area contributed by atoms with Crippen molar-refractivity contribution in [3.8, 4) is 11.5 Å². The van der Waals surface area contributed by atoms with Crippen LogP contribution in [-0.4, -0.2) is 46.6 Å². The second-order valence-corrected chi connectivity index (χ2v) is 13.6. The smallest absolute Gasteiger partial charge is 0.251 e. The number of hydrogen-bond donors (Lipinski definition) is 0. The highest BCUT2D eigenvalue weighted by atomic mass is 16.6. The third-order valence-corrected chi connectivity index (χ3v) is 9.92. The second-order valence-electron chi connectivity index (χ2n) is 13.6. The number of aryl methyl sites for hydroxylation is 5. The van der Waals surface area contributed by atoms with Gasteiger partial charge in [-0.1, -0.05) is 30.3 Å². The van der Waals surface area contributed by atoms with Crippen molar-refractivity contribution in [1.82, 2.24) is 14.0 Å². The van der Waals surface area contributed by atoms with Crippen LogP contribution in [-0.2, 0) is 24.4 Å². The van der Waals surface area contributed by atoms with Crippen LogP contribution in [0.5, 0.6) is 11.5 Å². The van der Waals surface area contributed by atoms with Crippen LogP contribution in [0.15, 0.2) is 76.3 Å². The van der Waals surface area contributed by atoms with Crippen molar-refractivity contribution in [3.05, 3.63) is 115 Å². The topological polar surface area (TPSA) is 82.8 Å². The molecule has 7 rings (SSSR count). The molecule has 5 aromatic rings. The van der Waals surface area contributed by atoms with Crippen LogP contribution >= 0.6 is 0 Å². The van der Waals surface area contributed by atoms with E-state index in [0.29, 0.717) is 13.2 Å². The van der Waals surface area contributed by atoms with Crippen LogP contribution < -0.4 is 20.6 Å². The summed E-state index contributed by atoms with van der Waals surface area (Å²) in [6, 6.07) is 22.0. The molecule has 3 aromatic carbocycles. The van der Waals surface area contributed by atoms with Gasteiger partial charge in [0.1, 0.15) is 19.5 Å². The van der Waals surface area contributed by atoms with E-state index in [4.69, 9.17) is 9.47 Å². The number of aldehydes is 1. The van der Waals surface area contributed by atoms with Gasteiger partial charge in [0.05, 0.1) is 17.6 Å². The van der Waals surface area contributed by atoms with E-state index in [2.05, 4.69) is 42.2 Å². The first-order valence-corrected chi connectivity index (χ1v) is 17.5. The van der Waals surface area contributed by atoms with Gasteiger partial charge in [-0.15, -0.1) is 0 Å². The monoisotopic (exact) mass is 661 g/mol. The highest BCUT2D eigenvalue weighted by Gasteiger charge is 2.20. The summed E-state index contributed by atoms with van der Waals surface area (Å²) >= 11 is 0. The first-order chi connectivity index (χ1) is 23.7. The Balaban J connectivity index is 0.000000218. The Bertz CT molecular complexity index is 2090. The van der Waals surface area contributed by atoms with E-state index >= 15 is 0 Å². The number of ether oxygens (including phenoxy) is 2. The van der Waals surface area contributed by atoms with Gasteiger partial charge in [-0.3, -0.25) is 14.5 Å². The molecule has 49 heavy (non-hydrogen) atoms. The van der Waals surface area contributed by atoms with Gasteiger partial charge >= 0.3 is 0 Å². The van der Waals surface area contributed by atoms with Crippen molar-refractivity contribution in [2.24, 2.45) is 5.92 Å². The first kappa shape index (κ1) is 34.2. The molecule has 0 bridgehead atoms. The molecular weight excluding hydrogens is 614 g/mol. The normalized spacial score (nSPS) is 14.9. The van der Waals surface area contributed by atoms with Crippen molar-refractivity contribution >= 4 is 28.1 Å². The van der Waals surface area contributed by atoms with E-state index in [0.717, 1.165) is 89.4 Å². The predicted molar refractivity (Wildman–Crippen MR) is 196 cm³/mol. The number of carbonyl (C=O) groups is 1. The maximum Gasteiger partial charge on any atom is 0.251 e. The maximum absolute atomic E-state index is 12.7. The molecule has 0 atom stereocenters. The molecular formula is C41H47N3O5. The van der Waals surface area contributed by atoms with Gasteiger partial charge in [-0.05, 0) is 124 Å². The summed E-state index contributed by atoms with van der Waals surface area (Å²) in [5.74, 6) is 2.48. The maximum atomic E-state index is 12.7. The number of pyridine rings is 2. The van der Waals surface area contributed by atoms with Crippen LogP contribution in [0.3, 0.4) is 0 Å². The van der Waals surface area contributed by atoms with Gasteiger partial charge in [0.25, 0.3) is 11.1 Å². The average Bonchev–Trinajstić information content (AvgIpc) is 3.09. The lowest BCUT2D eigenvalue weighted by Gasteiger charge is -2.32. The summed E-state index contributed by atoms with van der Waals surface area (Å²) in [6.07, 6.45) is 5.45. The Morgan fingerprint density at radius 3 is 1.94 bits per heavy atom. The fourth-order valence-corrected chi connectivity index (χ4v) is 7.23. The predicted octanol–water partition coefficient (Wildman–Crippen LogP) is 6.90. The van der Waals surface area contributed by atoms with Gasteiger partial charge in [0.2, 0.25) is 0 Å². The molecule has 2 aromatic heterocycles. The second kappa shape index (κ2) is 15.2. The number of fused-ring (bicyclic) bond motifs is 3. The van der Waals surface area contributed by atoms with Crippen molar-refractivity contribution in [3.63, 3.8) is 0 Å². The number of carbonyl (C=O) groups excluding carboxylic acids is 1. The third kappa shape index (κ3) is 7.97. The summed E-state index contributed by atoms with van der Waals surface area (Å²) in [6.45, 7) is 13.4. The number of nitrogens with zero attached hydrogens (tertiary/aromatic N) is 3. The summed E-state index contributed by atoms with van der Waals surface area (Å²) in [5.41, 5.74) is 7.50. The SMILES string of the molecule is Cc1ccc2c(C)cc(=O)n(CC=O)c2c1.Cc1ccc2c(C)cc(=O)n(CCCC3CCN(Cc4ccc5c(c4)OCCO5)CC3)c2c1. The lowest BCUT2D eigenvalue weighted by Crippen LogP contribution is -2.33. The van der Waals surface area contributed by atoms with E-state index < -0.39 is 0 Å². The average molecular weight is 662 g/mol. The molecule has 4 heterocycles. The molecule has 256 valence electrons. The van der Waals surface area contributed by atoms with Crippen LogP contribution in [0.4, 0.5) is 0 Å². The number of hydrogen-bond acceptors (Lipinski definition) is 6. The van der Waals surface area contributed by atoms with Gasteiger partial charge in [0, 0.05) is 36.0 Å². The molecule has 8 nitrogen and oxygen atoms in total. The molecule has 0 amide bonds. The van der Waals surface area contributed by atoms with Crippen molar-refractivity contribution in [2.45, 2.75) is 73.0 Å². The molecule has 0 N–H and O–H groups in total. The molecule has 1 saturated heterocycles. The Labute approximate surface area is 287 Å². The van der Waals surface area contributed by atoms with Crippen LogP contribution in [0, 0.1) is 33.6 Å². The summed E-state index contributed by atoms with van der Waals surface area (Å²) < 4.78 is 14.8. The Hall–Kier alpha value is -4.69. The number of benzene rings is 3. The van der Waals surface area contributed by atoms with E-state index in [1.165, 1.54) is 40.3 Å². The lowest BCUT2D eigenvalue weighted by molar-refractivity contribution is -0.108. The third-order valence-electron chi connectivity index (χ3n) is 9.92. The molecule has 0 unspecified atom stereocenters. The molecule has 0 aliphatic carbocycles. The molecule has 0 radical (unpaired) electrons. The summed E-state index contributed by atoms with van der Waals surface area (Å²) in [5, 5.41) is 2.21. The fraction of sp³-hybridized carbons (Fsp3) is 0.390. The van der Waals surface area contributed by atoms with E-state index in [1.54, 1.807) is 12.1 Å². The number of rotatable bonds is 8. The largest absolute Gasteiger partial charge is 0.486 e. The number of aromatic nitrogens is 2. The Kier molecular flexibility index (Phi) is 10.6. The fourth-order valence-electron chi connectivity index (χ4n) is 7.23. The van der Waals surface area contributed by atoms with Crippen LogP contribution in [0.25, 0.3) is 21.8 Å². The Morgan fingerprint density at radius 2 is 1.31 bits per heavy atom. The van der Waals surface area contributed by atoms with E-state index in [-0.39, 0.29) is 17.7 Å². The number of likely N-dealkylation sites (tertiary alicyclic amines) is 1. The molecule has 1 fully saturated rings. The van der Waals surface area contributed by atoms with Gasteiger partial charge < -0.3 is 23.4 Å². The van der Waals surface area contributed by atoms with Gasteiger partial charge in [0.15, 0.2) is 11.5 Å². The zero-order chi connectivity index (χ0) is 34.5. The van der Waals surface area contributed by atoms with Crippen molar-refractivity contribution in [2.75, 3.05) is 26.3 Å². The zero-order valence-electron chi connectivity index (χ0n) is 29.2. The minimum atomic E-state index is -0.122. The van der Waals surface area contributed by atoms with Crippen LogP contribution in [0.1, 0.15) is 53.5 Å². The number of piperidine rings is 1. The van der Waals surface area contributed by atoms with E-state index in [9.17, 15) is 14.4 Å². The lowest BCUT2D eigenvalue weighted by atomic mass is 9.92. The van der Waals surface area contributed by atoms with Crippen molar-refractivity contribution in [1.29, 1.82) is 0 Å². The minimum Gasteiger partial charge on any atom is -0.486 e. The summed E-state index contributed by atoms with van der Waals surface area (Å²) in [4.78, 5) is 37.6. The highest BCUT2D eigenvalue weighted by molar-refractivity contribution is 5.84. The quantitative estimate of drug-likeness (QED) is 0.168. The van der Waals surface area contributed by atoms with Gasteiger partial charge in [-0.25, -0.2) is 0 Å². The van der Waals surface area contributed by atoms with Gasteiger partial charge in [-0.2, -0.15) is 0 Å². The summed E-state index contributed by atoms with van der Waals surface area (Å²) in [7, 11) is 0. The van der Waals surface area contributed by atoms with E-state index in [1.807, 2.05) is 49.6 Å². The molecule has 2 aliphatic rings. The van der Waals surface area contributed by atoms with Crippen LogP contribution in [0.2, 0.25) is 0 Å². The molecule has 2 aliphatic heterocycles. The standard InChI is InChI=1S/C28H34N2O3.C13H13NO2/c1-20-5-7-24-21(2)17-28(31)30(25(24)16-20)11-3-4-22-9-12-29(13-10-22)19-23-6-8-26-27(18-23)33-15-14-32-26;1-9-3-4-11-10(2)8-13(16)14(5-6-15)12(11)7-9/h5-8,16-18,22H,3-4,9-15,19H2,1-2H3;3-4,6-8H,5H2,1-2H3. The van der Waals surface area contributed by atoms with Crippen molar-refractivity contribution < 1.29 is 14.3 Å². The molecule has 0 spiro atoms. The highest BCUT2D eigenvalue weighted by Crippen LogP contribution is 2.32. The Morgan fingerprint density at radius 1 is 0.714 bits per heavy atom. The first-order valence-electron chi connectivity index (χ1n) is 17.5. The minimum absolute atomic E-state index is 0.110. The zero-order valence-corrected chi connectivity index (χ0v) is 29.2. The molecule has 8 heteroatoms.